The first-order chi connectivity index (χ1) is 9.18. The molecule has 0 spiro atoms. The number of carbonyl (C=O) groups is 1. The van der Waals surface area contributed by atoms with Gasteiger partial charge in [-0.2, -0.15) is 0 Å². The molecular weight excluding hydrogens is 270 g/mol. The summed E-state index contributed by atoms with van der Waals surface area (Å²) in [5.74, 6) is 0.969. The number of ketones is 1. The Morgan fingerprint density at radius 1 is 1.10 bits per heavy atom. The van der Waals surface area contributed by atoms with E-state index in [1.165, 1.54) is 12.8 Å². The highest BCUT2D eigenvalue weighted by molar-refractivity contribution is 6.00. The highest BCUT2D eigenvalue weighted by Gasteiger charge is 2.28. The maximum absolute atomic E-state index is 12.7. The fraction of sp³-hybridized carbons (Fsp3) is 0.588. The second kappa shape index (κ2) is 8.43. The van der Waals surface area contributed by atoms with E-state index >= 15 is 0 Å². The van der Waals surface area contributed by atoms with Gasteiger partial charge in [0.15, 0.2) is 5.78 Å². The topological polar surface area (TPSA) is 20.3 Å². The molecule has 20 heavy (non-hydrogen) atoms. The van der Waals surface area contributed by atoms with Crippen molar-refractivity contribution in [1.82, 2.24) is 4.90 Å². The van der Waals surface area contributed by atoms with Crippen LogP contribution in [0.1, 0.15) is 49.9 Å². The van der Waals surface area contributed by atoms with Gasteiger partial charge in [0, 0.05) is 5.56 Å². The lowest BCUT2D eigenvalue weighted by molar-refractivity contribution is 0.0831. The Kier molecular flexibility index (Phi) is 7.25. The molecule has 1 aliphatic heterocycles. The zero-order valence-corrected chi connectivity index (χ0v) is 13.4. The Bertz CT molecular complexity index is 399. The van der Waals surface area contributed by atoms with Gasteiger partial charge in [0.2, 0.25) is 0 Å². The van der Waals surface area contributed by atoms with Crippen LogP contribution >= 0.6 is 12.4 Å². The van der Waals surface area contributed by atoms with E-state index < -0.39 is 0 Å². The Hall–Kier alpha value is -0.860. The predicted octanol–water partition coefficient (Wildman–Crippen LogP) is 4.19. The van der Waals surface area contributed by atoms with Crippen molar-refractivity contribution in [2.24, 2.45) is 5.92 Å². The molecule has 1 fully saturated rings. The highest BCUT2D eigenvalue weighted by Crippen LogP contribution is 2.21. The van der Waals surface area contributed by atoms with E-state index in [4.69, 9.17) is 0 Å². The van der Waals surface area contributed by atoms with E-state index in [1.54, 1.807) is 0 Å². The second-order valence-corrected chi connectivity index (χ2v) is 5.96. The van der Waals surface area contributed by atoms with Gasteiger partial charge in [0.25, 0.3) is 0 Å². The van der Waals surface area contributed by atoms with Crippen molar-refractivity contribution in [2.75, 3.05) is 13.1 Å². The molecule has 1 atom stereocenters. The fourth-order valence-corrected chi connectivity index (χ4v) is 2.82. The molecule has 1 aliphatic rings. The van der Waals surface area contributed by atoms with Gasteiger partial charge in [-0.3, -0.25) is 9.69 Å². The van der Waals surface area contributed by atoms with Crippen molar-refractivity contribution in [3.05, 3.63) is 35.9 Å². The highest BCUT2D eigenvalue weighted by atomic mass is 35.5. The maximum atomic E-state index is 12.7. The smallest absolute Gasteiger partial charge is 0.179 e. The molecule has 0 saturated carbocycles. The van der Waals surface area contributed by atoms with Crippen LogP contribution in [0.15, 0.2) is 30.3 Å². The molecule has 2 rings (SSSR count). The molecule has 3 heteroatoms. The number of hydrogen-bond donors (Lipinski definition) is 0. The van der Waals surface area contributed by atoms with Crippen LogP contribution in [0.5, 0.6) is 0 Å². The molecule has 0 radical (unpaired) electrons. The largest absolute Gasteiger partial charge is 0.293 e. The SMILES string of the molecule is CC(C)CCC(C(=O)c1ccccc1)N1CCCC1.Cl. The van der Waals surface area contributed by atoms with Crippen LogP contribution in [0.25, 0.3) is 0 Å². The summed E-state index contributed by atoms with van der Waals surface area (Å²) >= 11 is 0. The maximum Gasteiger partial charge on any atom is 0.179 e. The second-order valence-electron chi connectivity index (χ2n) is 5.96. The summed E-state index contributed by atoms with van der Waals surface area (Å²) < 4.78 is 0. The number of benzene rings is 1. The summed E-state index contributed by atoms with van der Waals surface area (Å²) in [6, 6.07) is 9.86. The first kappa shape index (κ1) is 17.2. The molecule has 1 unspecified atom stereocenters. The summed E-state index contributed by atoms with van der Waals surface area (Å²) in [5, 5.41) is 0. The van der Waals surface area contributed by atoms with Crippen molar-refractivity contribution < 1.29 is 4.79 Å². The zero-order valence-electron chi connectivity index (χ0n) is 12.5. The molecule has 0 amide bonds. The van der Waals surface area contributed by atoms with Gasteiger partial charge in [0.05, 0.1) is 6.04 Å². The van der Waals surface area contributed by atoms with Crippen LogP contribution in [-0.4, -0.2) is 29.8 Å². The quantitative estimate of drug-likeness (QED) is 0.733. The third-order valence-electron chi connectivity index (χ3n) is 3.96. The van der Waals surface area contributed by atoms with Crippen LogP contribution in [-0.2, 0) is 0 Å². The number of rotatable bonds is 6. The van der Waals surface area contributed by atoms with Gasteiger partial charge < -0.3 is 0 Å². The Labute approximate surface area is 129 Å². The van der Waals surface area contributed by atoms with Gasteiger partial charge in [-0.05, 0) is 44.7 Å². The van der Waals surface area contributed by atoms with Crippen molar-refractivity contribution in [3.8, 4) is 0 Å². The van der Waals surface area contributed by atoms with Crippen molar-refractivity contribution in [1.29, 1.82) is 0 Å². The number of Topliss-reactive ketones (excluding diaryl/α,β-unsaturated/α-hetero) is 1. The summed E-state index contributed by atoms with van der Waals surface area (Å²) in [6.07, 6.45) is 4.59. The molecule has 0 bridgehead atoms. The molecule has 0 aliphatic carbocycles. The minimum absolute atomic E-state index is 0. The predicted molar refractivity (Wildman–Crippen MR) is 86.7 cm³/mol. The van der Waals surface area contributed by atoms with Crippen LogP contribution in [0.3, 0.4) is 0 Å². The first-order valence-electron chi connectivity index (χ1n) is 7.52. The monoisotopic (exact) mass is 295 g/mol. The van der Waals surface area contributed by atoms with Crippen molar-refractivity contribution >= 4 is 18.2 Å². The fourth-order valence-electron chi connectivity index (χ4n) is 2.82. The standard InChI is InChI=1S/C17H25NO.ClH/c1-14(2)10-11-16(18-12-6-7-13-18)17(19)15-8-4-3-5-9-15;/h3-5,8-9,14,16H,6-7,10-13H2,1-2H3;1H. The molecule has 1 heterocycles. The average Bonchev–Trinajstić information content (AvgIpc) is 2.93. The molecule has 0 N–H and O–H groups in total. The van der Waals surface area contributed by atoms with E-state index in [1.807, 2.05) is 30.3 Å². The minimum atomic E-state index is 0. The van der Waals surface area contributed by atoms with Crippen LogP contribution in [0.4, 0.5) is 0 Å². The summed E-state index contributed by atoms with van der Waals surface area (Å²) in [5.41, 5.74) is 0.864. The molecule has 1 aromatic carbocycles. The molecule has 1 saturated heterocycles. The number of carbonyl (C=O) groups excluding carboxylic acids is 1. The van der Waals surface area contributed by atoms with Crippen LogP contribution < -0.4 is 0 Å². The Morgan fingerprint density at radius 3 is 2.25 bits per heavy atom. The van der Waals surface area contributed by atoms with E-state index in [0.717, 1.165) is 31.5 Å². The van der Waals surface area contributed by atoms with E-state index in [0.29, 0.717) is 11.7 Å². The van der Waals surface area contributed by atoms with Crippen LogP contribution in [0.2, 0.25) is 0 Å². The minimum Gasteiger partial charge on any atom is -0.293 e. The molecule has 2 nitrogen and oxygen atoms in total. The third kappa shape index (κ3) is 4.60. The van der Waals surface area contributed by atoms with E-state index in [2.05, 4.69) is 18.7 Å². The summed E-state index contributed by atoms with van der Waals surface area (Å²) in [4.78, 5) is 15.1. The lowest BCUT2D eigenvalue weighted by Gasteiger charge is -2.27. The van der Waals surface area contributed by atoms with Crippen molar-refractivity contribution in [3.63, 3.8) is 0 Å². The lowest BCUT2D eigenvalue weighted by Crippen LogP contribution is -2.39. The van der Waals surface area contributed by atoms with Gasteiger partial charge in [0.1, 0.15) is 0 Å². The third-order valence-corrected chi connectivity index (χ3v) is 3.96. The van der Waals surface area contributed by atoms with Crippen molar-refractivity contribution in [2.45, 2.75) is 45.6 Å². The van der Waals surface area contributed by atoms with E-state index in [9.17, 15) is 4.79 Å². The lowest BCUT2D eigenvalue weighted by atomic mass is 9.95. The van der Waals surface area contributed by atoms with Gasteiger partial charge in [-0.1, -0.05) is 44.2 Å². The Morgan fingerprint density at radius 2 is 1.70 bits per heavy atom. The molecule has 112 valence electrons. The Balaban J connectivity index is 0.00000200. The van der Waals surface area contributed by atoms with Gasteiger partial charge >= 0.3 is 0 Å². The molecule has 0 aromatic heterocycles. The number of nitrogens with zero attached hydrogens (tertiary/aromatic N) is 1. The zero-order chi connectivity index (χ0) is 13.7. The number of halogens is 1. The number of likely N-dealkylation sites (tertiary alicyclic amines) is 1. The van der Waals surface area contributed by atoms with Crippen LogP contribution in [0, 0.1) is 5.92 Å². The molecule has 1 aromatic rings. The van der Waals surface area contributed by atoms with Gasteiger partial charge in [-0.15, -0.1) is 12.4 Å². The summed E-state index contributed by atoms with van der Waals surface area (Å²) in [7, 11) is 0. The molecular formula is C17H26ClNO. The number of hydrogen-bond acceptors (Lipinski definition) is 2. The van der Waals surface area contributed by atoms with E-state index in [-0.39, 0.29) is 18.4 Å². The first-order valence-corrected chi connectivity index (χ1v) is 7.52. The average molecular weight is 296 g/mol. The summed E-state index contributed by atoms with van der Waals surface area (Å²) in [6.45, 7) is 6.63. The van der Waals surface area contributed by atoms with Gasteiger partial charge in [-0.25, -0.2) is 0 Å². The normalized spacial score (nSPS) is 16.9.